The minimum atomic E-state index is -0.394. The van der Waals surface area contributed by atoms with Crippen LogP contribution in [0.5, 0.6) is 11.5 Å². The van der Waals surface area contributed by atoms with Crippen molar-refractivity contribution in [1.29, 1.82) is 0 Å². The van der Waals surface area contributed by atoms with Crippen molar-refractivity contribution < 1.29 is 9.13 Å². The van der Waals surface area contributed by atoms with Crippen LogP contribution in [0.4, 0.5) is 10.2 Å². The number of nitrogens with zero attached hydrogens (tertiary/aromatic N) is 3. The molecule has 0 bridgehead atoms. The highest BCUT2D eigenvalue weighted by Crippen LogP contribution is 2.37. The van der Waals surface area contributed by atoms with Crippen molar-refractivity contribution in [3.8, 4) is 11.5 Å². The van der Waals surface area contributed by atoms with Crippen molar-refractivity contribution in [2.75, 3.05) is 12.3 Å². The maximum atomic E-state index is 13.9. The average molecular weight is 404 g/mol. The second-order valence-electron chi connectivity index (χ2n) is 7.38. The summed E-state index contributed by atoms with van der Waals surface area (Å²) in [5.41, 5.74) is 8.68. The van der Waals surface area contributed by atoms with E-state index in [2.05, 4.69) is 25.5 Å². The number of H-pyrrole nitrogens is 1. The van der Waals surface area contributed by atoms with Crippen LogP contribution in [0.2, 0.25) is 0 Å². The van der Waals surface area contributed by atoms with Gasteiger partial charge in [0.15, 0.2) is 17.2 Å². The standard InChI is InChI=1S/C22H21FN6O/c23-15-4-1-2-6-17(15)30-14-9-7-13(8-10-14)18(16-5-3-11-25-16)20-19-21(24)26-12-27-22(19)29-28-20/h1-2,4,6-10,12,16,18,25H,3,5,11H2,(H3,24,26,27,28,29)/t16-,18?/m1/s1. The van der Waals surface area contributed by atoms with Gasteiger partial charge >= 0.3 is 0 Å². The van der Waals surface area contributed by atoms with Gasteiger partial charge in [-0.05, 0) is 49.2 Å². The predicted molar refractivity (Wildman–Crippen MR) is 112 cm³/mol. The molecule has 1 unspecified atom stereocenters. The molecule has 0 saturated carbocycles. The lowest BCUT2D eigenvalue weighted by Gasteiger charge is -2.24. The van der Waals surface area contributed by atoms with Gasteiger partial charge in [-0.3, -0.25) is 5.10 Å². The molecule has 152 valence electrons. The van der Waals surface area contributed by atoms with E-state index < -0.39 is 5.82 Å². The van der Waals surface area contributed by atoms with Gasteiger partial charge < -0.3 is 15.8 Å². The Kier molecular flexibility index (Phi) is 4.76. The van der Waals surface area contributed by atoms with E-state index >= 15 is 0 Å². The van der Waals surface area contributed by atoms with E-state index in [1.165, 1.54) is 12.4 Å². The molecule has 2 atom stereocenters. The maximum absolute atomic E-state index is 13.9. The summed E-state index contributed by atoms with van der Waals surface area (Å²) in [4.78, 5) is 8.37. The molecule has 0 amide bonds. The predicted octanol–water partition coefficient (Wildman–Crippen LogP) is 3.75. The van der Waals surface area contributed by atoms with Crippen molar-refractivity contribution in [2.45, 2.75) is 24.8 Å². The van der Waals surface area contributed by atoms with E-state index in [9.17, 15) is 4.39 Å². The normalized spacial score (nSPS) is 17.3. The average Bonchev–Trinajstić information content (AvgIpc) is 3.43. The molecule has 0 spiro atoms. The highest BCUT2D eigenvalue weighted by Gasteiger charge is 2.31. The summed E-state index contributed by atoms with van der Waals surface area (Å²) in [7, 11) is 0. The topological polar surface area (TPSA) is 102 Å². The van der Waals surface area contributed by atoms with Crippen LogP contribution in [0.1, 0.15) is 30.0 Å². The zero-order valence-electron chi connectivity index (χ0n) is 16.2. The van der Waals surface area contributed by atoms with E-state index in [4.69, 9.17) is 10.5 Å². The van der Waals surface area contributed by atoms with Crippen LogP contribution in [-0.4, -0.2) is 32.8 Å². The number of aromatic nitrogens is 4. The van der Waals surface area contributed by atoms with Gasteiger partial charge in [0.1, 0.15) is 17.9 Å². The first-order chi connectivity index (χ1) is 14.7. The van der Waals surface area contributed by atoms with Crippen LogP contribution in [0.3, 0.4) is 0 Å². The van der Waals surface area contributed by atoms with Gasteiger partial charge in [0.25, 0.3) is 0 Å². The maximum Gasteiger partial charge on any atom is 0.186 e. The molecule has 4 N–H and O–H groups in total. The first-order valence-corrected chi connectivity index (χ1v) is 9.91. The van der Waals surface area contributed by atoms with Crippen LogP contribution in [0, 0.1) is 5.82 Å². The van der Waals surface area contributed by atoms with Crippen molar-refractivity contribution >= 4 is 16.9 Å². The molecule has 8 heteroatoms. The van der Waals surface area contributed by atoms with Crippen LogP contribution in [0.25, 0.3) is 11.0 Å². The molecule has 30 heavy (non-hydrogen) atoms. The van der Waals surface area contributed by atoms with Crippen molar-refractivity contribution in [1.82, 2.24) is 25.5 Å². The molecule has 0 radical (unpaired) electrons. The van der Waals surface area contributed by atoms with Gasteiger partial charge in [-0.2, -0.15) is 5.10 Å². The first-order valence-electron chi connectivity index (χ1n) is 9.91. The number of fused-ring (bicyclic) bond motifs is 1. The number of hydrogen-bond acceptors (Lipinski definition) is 6. The Morgan fingerprint density at radius 1 is 1.10 bits per heavy atom. The molecule has 1 aliphatic heterocycles. The Labute approximate surface area is 172 Å². The van der Waals surface area contributed by atoms with Crippen LogP contribution in [-0.2, 0) is 0 Å². The lowest BCUT2D eigenvalue weighted by molar-refractivity contribution is 0.442. The molecule has 5 rings (SSSR count). The molecule has 2 aromatic carbocycles. The van der Waals surface area contributed by atoms with Crippen molar-refractivity contribution in [3.05, 3.63) is 71.9 Å². The lowest BCUT2D eigenvalue weighted by Crippen LogP contribution is -2.30. The number of anilines is 1. The number of nitrogen functional groups attached to an aromatic ring is 1. The number of aromatic amines is 1. The van der Waals surface area contributed by atoms with Gasteiger partial charge in [-0.25, -0.2) is 14.4 Å². The Bertz CT molecular complexity index is 1170. The highest BCUT2D eigenvalue weighted by atomic mass is 19.1. The number of hydrogen-bond donors (Lipinski definition) is 3. The summed E-state index contributed by atoms with van der Waals surface area (Å²) in [6, 6.07) is 14.3. The number of nitrogens with one attached hydrogen (secondary N) is 2. The molecule has 1 saturated heterocycles. The van der Waals surface area contributed by atoms with E-state index in [1.807, 2.05) is 24.3 Å². The molecule has 7 nitrogen and oxygen atoms in total. The van der Waals surface area contributed by atoms with Gasteiger partial charge in [-0.1, -0.05) is 24.3 Å². The summed E-state index contributed by atoms with van der Waals surface area (Å²) in [6.45, 7) is 0.966. The molecule has 1 aliphatic rings. The molecule has 2 aromatic heterocycles. The van der Waals surface area contributed by atoms with E-state index in [-0.39, 0.29) is 17.7 Å². The molecule has 3 heterocycles. The Morgan fingerprint density at radius 3 is 2.70 bits per heavy atom. The van der Waals surface area contributed by atoms with Gasteiger partial charge in [0, 0.05) is 12.0 Å². The van der Waals surface area contributed by atoms with Gasteiger partial charge in [-0.15, -0.1) is 0 Å². The number of para-hydroxylation sites is 1. The minimum absolute atomic E-state index is 0.00619. The second-order valence-corrected chi connectivity index (χ2v) is 7.38. The van der Waals surface area contributed by atoms with Gasteiger partial charge in [0.2, 0.25) is 0 Å². The van der Waals surface area contributed by atoms with Crippen molar-refractivity contribution in [2.24, 2.45) is 0 Å². The van der Waals surface area contributed by atoms with Crippen LogP contribution < -0.4 is 15.8 Å². The Morgan fingerprint density at radius 2 is 1.93 bits per heavy atom. The van der Waals surface area contributed by atoms with E-state index in [1.54, 1.807) is 18.2 Å². The smallest absolute Gasteiger partial charge is 0.186 e. The molecule has 4 aromatic rings. The molecule has 0 aliphatic carbocycles. The first kappa shape index (κ1) is 18.5. The number of rotatable bonds is 5. The van der Waals surface area contributed by atoms with Crippen LogP contribution in [0.15, 0.2) is 54.9 Å². The van der Waals surface area contributed by atoms with Crippen LogP contribution >= 0.6 is 0 Å². The second kappa shape index (κ2) is 7.72. The fraction of sp³-hybridized carbons (Fsp3) is 0.227. The monoisotopic (exact) mass is 404 g/mol. The third-order valence-corrected chi connectivity index (χ3v) is 5.52. The number of nitrogens with two attached hydrogens (primary N) is 1. The third-order valence-electron chi connectivity index (χ3n) is 5.52. The highest BCUT2D eigenvalue weighted by molar-refractivity contribution is 5.88. The summed E-state index contributed by atoms with van der Waals surface area (Å²) >= 11 is 0. The fourth-order valence-corrected chi connectivity index (χ4v) is 4.12. The summed E-state index contributed by atoms with van der Waals surface area (Å²) < 4.78 is 19.6. The van der Waals surface area contributed by atoms with Crippen molar-refractivity contribution in [3.63, 3.8) is 0 Å². The minimum Gasteiger partial charge on any atom is -0.454 e. The third kappa shape index (κ3) is 3.35. The largest absolute Gasteiger partial charge is 0.454 e. The molecular weight excluding hydrogens is 383 g/mol. The van der Waals surface area contributed by atoms with E-state index in [0.29, 0.717) is 17.2 Å². The molecule has 1 fully saturated rings. The number of benzene rings is 2. The SMILES string of the molecule is Nc1ncnc2n[nH]c(C(c3ccc(Oc4ccccc4F)cc3)[C@H]3CCCN3)c12. The number of ether oxygens (including phenoxy) is 1. The quantitative estimate of drug-likeness (QED) is 0.468. The molecular formula is C22H21FN6O. The van der Waals surface area contributed by atoms with Gasteiger partial charge in [0.05, 0.1) is 11.1 Å². The Hall–Kier alpha value is -3.52. The summed E-state index contributed by atoms with van der Waals surface area (Å²) in [6.07, 6.45) is 3.56. The lowest BCUT2D eigenvalue weighted by atomic mass is 9.86. The fourth-order valence-electron chi connectivity index (χ4n) is 4.12. The summed E-state index contributed by atoms with van der Waals surface area (Å²) in [5, 5.41) is 11.8. The summed E-state index contributed by atoms with van der Waals surface area (Å²) in [5.74, 6) is 0.775. The zero-order chi connectivity index (χ0) is 20.5. The zero-order valence-corrected chi connectivity index (χ0v) is 16.2. The Balaban J connectivity index is 1.51. The number of halogens is 1. The van der Waals surface area contributed by atoms with E-state index in [0.717, 1.165) is 36.0 Å².